The molecule has 1 heterocycles. The molecule has 0 atom stereocenters. The molecule has 0 unspecified atom stereocenters. The standard InChI is InChI=1S/C14H21N3O3S/c1-10-7-12(15-3)8-11(2)14(10)21(19,20)17-6-4-5-16-13(18)9-17/h7-8,15H,4-6,9H2,1-3H3,(H,16,18). The normalized spacial score (nSPS) is 17.2. The van der Waals surface area contributed by atoms with Crippen LogP contribution in [0.15, 0.2) is 17.0 Å². The van der Waals surface area contributed by atoms with Gasteiger partial charge in [0, 0.05) is 25.8 Å². The van der Waals surface area contributed by atoms with E-state index in [1.807, 2.05) is 0 Å². The summed E-state index contributed by atoms with van der Waals surface area (Å²) in [5.41, 5.74) is 2.24. The number of amides is 1. The van der Waals surface area contributed by atoms with Crippen molar-refractivity contribution in [3.8, 4) is 0 Å². The lowest BCUT2D eigenvalue weighted by Crippen LogP contribution is -2.37. The molecule has 21 heavy (non-hydrogen) atoms. The van der Waals surface area contributed by atoms with Crippen molar-refractivity contribution in [2.75, 3.05) is 32.0 Å². The quantitative estimate of drug-likeness (QED) is 0.868. The van der Waals surface area contributed by atoms with Crippen LogP contribution in [-0.2, 0) is 14.8 Å². The fourth-order valence-corrected chi connectivity index (χ4v) is 4.46. The van der Waals surface area contributed by atoms with Gasteiger partial charge in [-0.3, -0.25) is 4.79 Å². The van der Waals surface area contributed by atoms with Crippen LogP contribution < -0.4 is 10.6 Å². The zero-order valence-electron chi connectivity index (χ0n) is 12.6. The van der Waals surface area contributed by atoms with Gasteiger partial charge in [-0.05, 0) is 43.5 Å². The largest absolute Gasteiger partial charge is 0.388 e. The minimum absolute atomic E-state index is 0.116. The Balaban J connectivity index is 2.46. The second kappa shape index (κ2) is 6.03. The Hall–Kier alpha value is -1.60. The van der Waals surface area contributed by atoms with Gasteiger partial charge in [-0.15, -0.1) is 0 Å². The molecular weight excluding hydrogens is 290 g/mol. The zero-order chi connectivity index (χ0) is 15.6. The Bertz CT molecular complexity index is 632. The molecule has 2 rings (SSSR count). The number of hydrogen-bond donors (Lipinski definition) is 2. The third kappa shape index (κ3) is 3.19. The van der Waals surface area contributed by atoms with Crippen LogP contribution in [0.5, 0.6) is 0 Å². The number of rotatable bonds is 3. The van der Waals surface area contributed by atoms with Crippen LogP contribution in [0.1, 0.15) is 17.5 Å². The van der Waals surface area contributed by atoms with Gasteiger partial charge in [-0.25, -0.2) is 8.42 Å². The Labute approximate surface area is 125 Å². The van der Waals surface area contributed by atoms with Crippen LogP contribution >= 0.6 is 0 Å². The molecule has 1 fully saturated rings. The van der Waals surface area contributed by atoms with Crippen molar-refractivity contribution >= 4 is 21.6 Å². The molecule has 1 aliphatic heterocycles. The van der Waals surface area contributed by atoms with E-state index in [0.29, 0.717) is 35.5 Å². The lowest BCUT2D eigenvalue weighted by atomic mass is 10.1. The van der Waals surface area contributed by atoms with Gasteiger partial charge in [0.1, 0.15) is 0 Å². The van der Waals surface area contributed by atoms with Crippen LogP contribution in [0, 0.1) is 13.8 Å². The molecule has 1 aromatic carbocycles. The Morgan fingerprint density at radius 3 is 2.43 bits per heavy atom. The molecule has 1 saturated heterocycles. The van der Waals surface area contributed by atoms with E-state index in [9.17, 15) is 13.2 Å². The van der Waals surface area contributed by atoms with Crippen LogP contribution in [0.4, 0.5) is 5.69 Å². The number of hydrogen-bond acceptors (Lipinski definition) is 4. The maximum Gasteiger partial charge on any atom is 0.244 e. The fourth-order valence-electron chi connectivity index (χ4n) is 2.61. The Morgan fingerprint density at radius 2 is 1.86 bits per heavy atom. The van der Waals surface area contributed by atoms with Crippen molar-refractivity contribution in [3.05, 3.63) is 23.3 Å². The van der Waals surface area contributed by atoms with Gasteiger partial charge in [-0.2, -0.15) is 4.31 Å². The summed E-state index contributed by atoms with van der Waals surface area (Å²) in [6, 6.07) is 3.61. The highest BCUT2D eigenvalue weighted by Gasteiger charge is 2.30. The van der Waals surface area contributed by atoms with E-state index in [0.717, 1.165) is 5.69 Å². The van der Waals surface area contributed by atoms with Crippen LogP contribution in [-0.4, -0.2) is 45.3 Å². The molecule has 7 heteroatoms. The first-order chi connectivity index (χ1) is 9.86. The Kier molecular flexibility index (Phi) is 4.53. The van der Waals surface area contributed by atoms with Crippen molar-refractivity contribution in [2.45, 2.75) is 25.2 Å². The summed E-state index contributed by atoms with van der Waals surface area (Å²) < 4.78 is 27.0. The predicted octanol–water partition coefficient (Wildman–Crippen LogP) is 0.856. The van der Waals surface area contributed by atoms with E-state index in [1.54, 1.807) is 33.0 Å². The van der Waals surface area contributed by atoms with Gasteiger partial charge in [-0.1, -0.05) is 0 Å². The maximum atomic E-state index is 12.9. The van der Waals surface area contributed by atoms with Crippen LogP contribution in [0.2, 0.25) is 0 Å². The van der Waals surface area contributed by atoms with Gasteiger partial charge >= 0.3 is 0 Å². The van der Waals surface area contributed by atoms with E-state index >= 15 is 0 Å². The van der Waals surface area contributed by atoms with Crippen molar-refractivity contribution in [1.82, 2.24) is 9.62 Å². The highest BCUT2D eigenvalue weighted by molar-refractivity contribution is 7.89. The summed E-state index contributed by atoms with van der Waals surface area (Å²) in [5.74, 6) is -0.252. The number of benzene rings is 1. The third-order valence-electron chi connectivity index (χ3n) is 3.57. The molecule has 0 bridgehead atoms. The second-order valence-corrected chi connectivity index (χ2v) is 7.11. The summed E-state index contributed by atoms with van der Waals surface area (Å²) in [7, 11) is -1.87. The molecule has 0 aromatic heterocycles. The number of anilines is 1. The van der Waals surface area contributed by atoms with E-state index < -0.39 is 10.0 Å². The number of nitrogens with zero attached hydrogens (tertiary/aromatic N) is 1. The van der Waals surface area contributed by atoms with E-state index in [4.69, 9.17) is 0 Å². The number of carbonyl (C=O) groups is 1. The molecule has 1 aromatic rings. The monoisotopic (exact) mass is 311 g/mol. The first kappa shape index (κ1) is 15.8. The third-order valence-corrected chi connectivity index (χ3v) is 5.72. The minimum Gasteiger partial charge on any atom is -0.388 e. The van der Waals surface area contributed by atoms with Crippen molar-refractivity contribution in [1.29, 1.82) is 0 Å². The summed E-state index contributed by atoms with van der Waals surface area (Å²) in [6.07, 6.45) is 0.623. The van der Waals surface area contributed by atoms with Crippen molar-refractivity contribution in [3.63, 3.8) is 0 Å². The molecule has 0 radical (unpaired) electrons. The first-order valence-corrected chi connectivity index (χ1v) is 8.36. The smallest absolute Gasteiger partial charge is 0.244 e. The Morgan fingerprint density at radius 1 is 1.24 bits per heavy atom. The van der Waals surface area contributed by atoms with E-state index in [-0.39, 0.29) is 12.5 Å². The highest BCUT2D eigenvalue weighted by atomic mass is 32.2. The number of nitrogens with one attached hydrogen (secondary N) is 2. The maximum absolute atomic E-state index is 12.9. The van der Waals surface area contributed by atoms with Gasteiger partial charge in [0.15, 0.2) is 0 Å². The van der Waals surface area contributed by atoms with Crippen molar-refractivity contribution in [2.24, 2.45) is 0 Å². The van der Waals surface area contributed by atoms with Gasteiger partial charge in [0.2, 0.25) is 15.9 Å². The van der Waals surface area contributed by atoms with Gasteiger partial charge in [0.25, 0.3) is 0 Å². The summed E-state index contributed by atoms with van der Waals surface area (Å²) in [4.78, 5) is 11.9. The summed E-state index contributed by atoms with van der Waals surface area (Å²) in [6.45, 7) is 4.31. The fraction of sp³-hybridized carbons (Fsp3) is 0.500. The second-order valence-electron chi connectivity index (χ2n) is 5.23. The SMILES string of the molecule is CNc1cc(C)c(S(=O)(=O)N2CCCNC(=O)C2)c(C)c1. The van der Waals surface area contributed by atoms with Gasteiger partial charge < -0.3 is 10.6 Å². The molecular formula is C14H21N3O3S. The van der Waals surface area contributed by atoms with Crippen LogP contribution in [0.25, 0.3) is 0 Å². The summed E-state index contributed by atoms with van der Waals surface area (Å²) in [5, 5.41) is 5.70. The highest BCUT2D eigenvalue weighted by Crippen LogP contribution is 2.27. The van der Waals surface area contributed by atoms with Gasteiger partial charge in [0.05, 0.1) is 11.4 Å². The average Bonchev–Trinajstić information content (AvgIpc) is 2.62. The first-order valence-electron chi connectivity index (χ1n) is 6.92. The minimum atomic E-state index is -3.66. The topological polar surface area (TPSA) is 78.5 Å². The molecule has 1 amide bonds. The molecule has 2 N–H and O–H groups in total. The lowest BCUT2D eigenvalue weighted by molar-refractivity contribution is -0.120. The predicted molar refractivity (Wildman–Crippen MR) is 81.8 cm³/mol. The summed E-state index contributed by atoms with van der Waals surface area (Å²) >= 11 is 0. The number of carbonyl (C=O) groups excluding carboxylic acids is 1. The van der Waals surface area contributed by atoms with E-state index in [1.165, 1.54) is 4.31 Å². The molecule has 6 nitrogen and oxygen atoms in total. The molecule has 1 aliphatic rings. The molecule has 116 valence electrons. The number of aryl methyl sites for hydroxylation is 2. The van der Waals surface area contributed by atoms with E-state index in [2.05, 4.69) is 10.6 Å². The molecule has 0 saturated carbocycles. The molecule has 0 spiro atoms. The zero-order valence-corrected chi connectivity index (χ0v) is 13.4. The van der Waals surface area contributed by atoms with Crippen molar-refractivity contribution < 1.29 is 13.2 Å². The average molecular weight is 311 g/mol. The van der Waals surface area contributed by atoms with Crippen LogP contribution in [0.3, 0.4) is 0 Å². The number of sulfonamides is 1. The lowest BCUT2D eigenvalue weighted by Gasteiger charge is -2.22. The molecule has 0 aliphatic carbocycles.